The topological polar surface area (TPSA) is 52.1 Å². The number of nitrogens with zero attached hydrogens (tertiary/aromatic N) is 3. The van der Waals surface area contributed by atoms with Gasteiger partial charge in [0.1, 0.15) is 0 Å². The number of unbranched alkanes of at least 4 members (excludes halogenated alkanes) is 2. The zero-order chi connectivity index (χ0) is 21.3. The first kappa shape index (κ1) is 28.1. The number of halogens is 1. The zero-order valence-corrected chi connectivity index (χ0v) is 22.0. The van der Waals surface area contributed by atoms with Gasteiger partial charge in [0.2, 0.25) is 0 Å². The molecule has 178 valence electrons. The molecule has 2 rings (SSSR count). The van der Waals surface area contributed by atoms with Crippen molar-refractivity contribution in [2.75, 3.05) is 65.6 Å². The van der Waals surface area contributed by atoms with Gasteiger partial charge in [-0.25, -0.2) is 0 Å². The Hall–Kier alpha value is -0.900. The van der Waals surface area contributed by atoms with Gasteiger partial charge in [-0.2, -0.15) is 0 Å². The smallest absolute Gasteiger partial charge is 0.191 e. The van der Waals surface area contributed by atoms with Gasteiger partial charge in [-0.15, -0.1) is 24.0 Å². The quantitative estimate of drug-likeness (QED) is 0.162. The van der Waals surface area contributed by atoms with E-state index in [2.05, 4.69) is 57.7 Å². The summed E-state index contributed by atoms with van der Waals surface area (Å²) in [5.74, 6) is 0.948. The maximum atomic E-state index is 5.38. The molecular formula is C24H44IN5O. The van der Waals surface area contributed by atoms with Crippen LogP contribution in [0.2, 0.25) is 0 Å². The van der Waals surface area contributed by atoms with Crippen LogP contribution in [0.4, 0.5) is 0 Å². The number of nitrogens with one attached hydrogen (secondary N) is 2. The fourth-order valence-corrected chi connectivity index (χ4v) is 3.67. The normalized spacial score (nSPS) is 15.5. The van der Waals surface area contributed by atoms with Crippen molar-refractivity contribution in [3.8, 4) is 0 Å². The molecule has 1 heterocycles. The molecule has 0 spiro atoms. The summed E-state index contributed by atoms with van der Waals surface area (Å²) in [4.78, 5) is 9.90. The third kappa shape index (κ3) is 13.3. The van der Waals surface area contributed by atoms with Crippen LogP contribution in [0.1, 0.15) is 45.1 Å². The minimum Gasteiger partial charge on any atom is -0.382 e. The molecule has 0 amide bonds. The number of rotatable bonds is 14. The lowest BCUT2D eigenvalue weighted by molar-refractivity contribution is 0.126. The van der Waals surface area contributed by atoms with E-state index >= 15 is 0 Å². The largest absolute Gasteiger partial charge is 0.382 e. The molecule has 0 radical (unpaired) electrons. The Bertz CT molecular complexity index is 564. The Labute approximate surface area is 207 Å². The summed E-state index contributed by atoms with van der Waals surface area (Å²) in [7, 11) is 0. The summed E-state index contributed by atoms with van der Waals surface area (Å²) in [5, 5.41) is 6.77. The van der Waals surface area contributed by atoms with Gasteiger partial charge < -0.3 is 20.3 Å². The van der Waals surface area contributed by atoms with E-state index in [9.17, 15) is 0 Å². The van der Waals surface area contributed by atoms with Crippen molar-refractivity contribution in [3.63, 3.8) is 0 Å². The number of ether oxygens (including phenoxy) is 1. The van der Waals surface area contributed by atoms with E-state index in [4.69, 9.17) is 9.73 Å². The molecule has 0 aromatic heterocycles. The molecule has 1 aromatic rings. The maximum absolute atomic E-state index is 5.38. The van der Waals surface area contributed by atoms with Crippen LogP contribution in [0, 0.1) is 0 Å². The van der Waals surface area contributed by atoms with Crippen LogP contribution >= 0.6 is 24.0 Å². The number of hydrogen-bond acceptors (Lipinski definition) is 4. The first-order valence-electron chi connectivity index (χ1n) is 11.9. The summed E-state index contributed by atoms with van der Waals surface area (Å²) in [5.41, 5.74) is 1.42. The third-order valence-electron chi connectivity index (χ3n) is 5.42. The van der Waals surface area contributed by atoms with E-state index in [1.54, 1.807) is 0 Å². The van der Waals surface area contributed by atoms with E-state index in [0.29, 0.717) is 0 Å². The third-order valence-corrected chi connectivity index (χ3v) is 5.42. The van der Waals surface area contributed by atoms with Crippen molar-refractivity contribution >= 4 is 29.9 Å². The number of hydrogen-bond donors (Lipinski definition) is 2. The number of aliphatic imine (C=N–C) groups is 1. The van der Waals surface area contributed by atoms with Gasteiger partial charge in [0, 0.05) is 65.6 Å². The highest BCUT2D eigenvalue weighted by atomic mass is 127. The predicted octanol–water partition coefficient (Wildman–Crippen LogP) is 3.57. The lowest BCUT2D eigenvalue weighted by atomic mass is 10.2. The highest BCUT2D eigenvalue weighted by Crippen LogP contribution is 2.09. The average Bonchev–Trinajstić information content (AvgIpc) is 2.77. The minimum atomic E-state index is 0. The second-order valence-corrected chi connectivity index (χ2v) is 7.90. The molecule has 31 heavy (non-hydrogen) atoms. The van der Waals surface area contributed by atoms with Crippen LogP contribution in [0.15, 0.2) is 35.3 Å². The van der Waals surface area contributed by atoms with E-state index < -0.39 is 0 Å². The lowest BCUT2D eigenvalue weighted by Crippen LogP contribution is -2.46. The number of piperazine rings is 1. The Balaban J connectivity index is 0.00000480. The molecule has 6 nitrogen and oxygen atoms in total. The molecule has 0 aliphatic carbocycles. The van der Waals surface area contributed by atoms with E-state index in [0.717, 1.165) is 64.6 Å². The van der Waals surface area contributed by atoms with Gasteiger partial charge in [0.25, 0.3) is 0 Å². The average molecular weight is 546 g/mol. The SMILES string of the molecule is CCNC(=NCCCCN1CCN(Cc2ccccc2)CC1)NCCCCOCC.I. The molecule has 1 aliphatic heterocycles. The second kappa shape index (κ2) is 18.7. The van der Waals surface area contributed by atoms with Crippen LogP contribution in [0.5, 0.6) is 0 Å². The van der Waals surface area contributed by atoms with Crippen LogP contribution in [0.3, 0.4) is 0 Å². The molecule has 1 aliphatic rings. The molecule has 1 fully saturated rings. The molecule has 0 unspecified atom stereocenters. The summed E-state index contributed by atoms with van der Waals surface area (Å²) in [6.07, 6.45) is 4.57. The molecule has 0 bridgehead atoms. The first-order chi connectivity index (χ1) is 14.8. The van der Waals surface area contributed by atoms with Crippen LogP contribution in [-0.4, -0.2) is 81.3 Å². The Morgan fingerprint density at radius 3 is 2.39 bits per heavy atom. The summed E-state index contributed by atoms with van der Waals surface area (Å²) >= 11 is 0. The Morgan fingerprint density at radius 1 is 0.935 bits per heavy atom. The van der Waals surface area contributed by atoms with Gasteiger partial charge >= 0.3 is 0 Å². The van der Waals surface area contributed by atoms with Crippen molar-refractivity contribution < 1.29 is 4.74 Å². The molecule has 0 saturated carbocycles. The second-order valence-electron chi connectivity index (χ2n) is 7.90. The molecule has 7 heteroatoms. The molecule has 1 saturated heterocycles. The van der Waals surface area contributed by atoms with E-state index in [1.807, 2.05) is 6.92 Å². The number of guanidine groups is 1. The highest BCUT2D eigenvalue weighted by Gasteiger charge is 2.16. The maximum Gasteiger partial charge on any atom is 0.191 e. The van der Waals surface area contributed by atoms with Crippen LogP contribution in [-0.2, 0) is 11.3 Å². The fourth-order valence-electron chi connectivity index (χ4n) is 3.67. The van der Waals surface area contributed by atoms with Crippen molar-refractivity contribution in [3.05, 3.63) is 35.9 Å². The predicted molar refractivity (Wildman–Crippen MR) is 143 cm³/mol. The molecule has 2 N–H and O–H groups in total. The zero-order valence-electron chi connectivity index (χ0n) is 19.7. The monoisotopic (exact) mass is 545 g/mol. The van der Waals surface area contributed by atoms with Crippen molar-refractivity contribution in [2.45, 2.75) is 46.1 Å². The minimum absolute atomic E-state index is 0. The van der Waals surface area contributed by atoms with Gasteiger partial charge in [-0.05, 0) is 51.6 Å². The van der Waals surface area contributed by atoms with Crippen LogP contribution < -0.4 is 10.6 Å². The summed E-state index contributed by atoms with van der Waals surface area (Å²) in [6, 6.07) is 10.8. The van der Waals surface area contributed by atoms with Crippen molar-refractivity contribution in [1.82, 2.24) is 20.4 Å². The summed E-state index contributed by atoms with van der Waals surface area (Å²) < 4.78 is 5.38. The van der Waals surface area contributed by atoms with E-state index in [-0.39, 0.29) is 24.0 Å². The number of benzene rings is 1. The van der Waals surface area contributed by atoms with Gasteiger partial charge in [0.15, 0.2) is 5.96 Å². The molecular weight excluding hydrogens is 501 g/mol. The lowest BCUT2D eigenvalue weighted by Gasteiger charge is -2.34. The molecule has 1 aromatic carbocycles. The van der Waals surface area contributed by atoms with Crippen LogP contribution in [0.25, 0.3) is 0 Å². The van der Waals surface area contributed by atoms with Gasteiger partial charge in [-0.1, -0.05) is 30.3 Å². The summed E-state index contributed by atoms with van der Waals surface area (Å²) in [6.45, 7) is 15.5. The standard InChI is InChI=1S/C24H43N5O.HI/c1-3-25-24(27-15-9-11-21-30-4-2)26-14-8-10-16-28-17-19-29(20-18-28)22-23-12-6-5-7-13-23;/h5-7,12-13H,3-4,8-11,14-22H2,1-2H3,(H2,25,26,27);1H. The van der Waals surface area contributed by atoms with Gasteiger partial charge in [-0.3, -0.25) is 9.89 Å². The Kier molecular flexibility index (Phi) is 16.9. The van der Waals surface area contributed by atoms with Gasteiger partial charge in [0.05, 0.1) is 0 Å². The van der Waals surface area contributed by atoms with Crippen molar-refractivity contribution in [2.24, 2.45) is 4.99 Å². The first-order valence-corrected chi connectivity index (χ1v) is 11.9. The fraction of sp³-hybridized carbons (Fsp3) is 0.708. The molecule has 0 atom stereocenters. The Morgan fingerprint density at radius 2 is 1.68 bits per heavy atom. The highest BCUT2D eigenvalue weighted by molar-refractivity contribution is 14.0. The van der Waals surface area contributed by atoms with Crippen molar-refractivity contribution in [1.29, 1.82) is 0 Å². The van der Waals surface area contributed by atoms with E-state index in [1.165, 1.54) is 44.7 Å².